The van der Waals surface area contributed by atoms with Gasteiger partial charge in [-0.25, -0.2) is 9.59 Å². The predicted molar refractivity (Wildman–Crippen MR) is 62.8 cm³/mol. The molecule has 5 nitrogen and oxygen atoms in total. The first-order valence-electron chi connectivity index (χ1n) is 5.91. The molecule has 1 aliphatic rings. The zero-order valence-electron chi connectivity index (χ0n) is 10.9. The average molecular weight is 243 g/mol. The van der Waals surface area contributed by atoms with Crippen LogP contribution in [0.3, 0.4) is 0 Å². The summed E-state index contributed by atoms with van der Waals surface area (Å²) in [5.41, 5.74) is -0.603. The number of hydrogen-bond donors (Lipinski definition) is 1. The summed E-state index contributed by atoms with van der Waals surface area (Å²) in [7, 11) is 1.49. The van der Waals surface area contributed by atoms with Gasteiger partial charge < -0.3 is 9.84 Å². The molecule has 0 aromatic carbocycles. The maximum Gasteiger partial charge on any atom is 0.410 e. The summed E-state index contributed by atoms with van der Waals surface area (Å²) in [6, 6.07) is -0.765. The Kier molecular flexibility index (Phi) is 4.01. The van der Waals surface area contributed by atoms with E-state index in [1.807, 2.05) is 0 Å². The SMILES string of the molecule is CN(C(=O)OC(C)(C)C)[C@H](C(=O)O)C1CCC1. The second kappa shape index (κ2) is 4.94. The quantitative estimate of drug-likeness (QED) is 0.824. The number of carboxylic acid groups (broad SMARTS) is 1. The molecule has 1 amide bonds. The van der Waals surface area contributed by atoms with E-state index in [1.54, 1.807) is 20.8 Å². The molecule has 0 aromatic heterocycles. The van der Waals surface area contributed by atoms with E-state index in [9.17, 15) is 14.7 Å². The average Bonchev–Trinajstić information content (AvgIpc) is 2.06. The Morgan fingerprint density at radius 1 is 1.35 bits per heavy atom. The van der Waals surface area contributed by atoms with E-state index in [2.05, 4.69) is 0 Å². The minimum atomic E-state index is -0.956. The van der Waals surface area contributed by atoms with E-state index in [-0.39, 0.29) is 5.92 Å². The number of rotatable bonds is 3. The van der Waals surface area contributed by atoms with Gasteiger partial charge in [-0.2, -0.15) is 0 Å². The number of aliphatic carboxylic acids is 1. The number of carbonyl (C=O) groups is 2. The smallest absolute Gasteiger partial charge is 0.410 e. The molecular weight excluding hydrogens is 222 g/mol. The van der Waals surface area contributed by atoms with Crippen LogP contribution < -0.4 is 0 Å². The van der Waals surface area contributed by atoms with Gasteiger partial charge in [-0.3, -0.25) is 4.90 Å². The van der Waals surface area contributed by atoms with Crippen LogP contribution in [-0.2, 0) is 9.53 Å². The first-order chi connectivity index (χ1) is 7.72. The second-order valence-corrected chi connectivity index (χ2v) is 5.57. The van der Waals surface area contributed by atoms with E-state index in [1.165, 1.54) is 11.9 Å². The molecule has 0 saturated heterocycles. The fourth-order valence-corrected chi connectivity index (χ4v) is 1.89. The van der Waals surface area contributed by atoms with E-state index in [0.717, 1.165) is 19.3 Å². The normalized spacial score (nSPS) is 18.1. The number of likely N-dealkylation sites (N-methyl/N-ethyl adjacent to an activating group) is 1. The largest absolute Gasteiger partial charge is 0.480 e. The molecule has 17 heavy (non-hydrogen) atoms. The maximum atomic E-state index is 11.8. The summed E-state index contributed by atoms with van der Waals surface area (Å²) in [4.78, 5) is 24.2. The second-order valence-electron chi connectivity index (χ2n) is 5.57. The predicted octanol–water partition coefficient (Wildman–Crippen LogP) is 2.11. The van der Waals surface area contributed by atoms with E-state index < -0.39 is 23.7 Å². The molecule has 0 aliphatic heterocycles. The van der Waals surface area contributed by atoms with Gasteiger partial charge in [-0.1, -0.05) is 6.42 Å². The lowest BCUT2D eigenvalue weighted by Crippen LogP contribution is -2.50. The molecule has 0 radical (unpaired) electrons. The molecule has 1 aliphatic carbocycles. The monoisotopic (exact) mass is 243 g/mol. The Morgan fingerprint density at radius 2 is 1.88 bits per heavy atom. The van der Waals surface area contributed by atoms with Gasteiger partial charge in [-0.15, -0.1) is 0 Å². The molecule has 98 valence electrons. The topological polar surface area (TPSA) is 66.8 Å². The summed E-state index contributed by atoms with van der Waals surface area (Å²) in [6.45, 7) is 5.29. The molecule has 0 unspecified atom stereocenters. The number of amides is 1. The molecular formula is C12H21NO4. The third kappa shape index (κ3) is 3.61. The first-order valence-corrected chi connectivity index (χ1v) is 5.91. The summed E-state index contributed by atoms with van der Waals surface area (Å²) in [5, 5.41) is 9.18. The Labute approximate surface area is 102 Å². The van der Waals surface area contributed by atoms with Gasteiger partial charge in [0.2, 0.25) is 0 Å². The van der Waals surface area contributed by atoms with Crippen LogP contribution in [-0.4, -0.2) is 40.8 Å². The van der Waals surface area contributed by atoms with Crippen molar-refractivity contribution in [2.75, 3.05) is 7.05 Å². The molecule has 0 bridgehead atoms. The van der Waals surface area contributed by atoms with Crippen molar-refractivity contribution in [3.8, 4) is 0 Å². The van der Waals surface area contributed by atoms with E-state index in [4.69, 9.17) is 4.74 Å². The van der Waals surface area contributed by atoms with Gasteiger partial charge >= 0.3 is 12.1 Å². The van der Waals surface area contributed by atoms with Gasteiger partial charge in [-0.05, 0) is 39.5 Å². The zero-order valence-corrected chi connectivity index (χ0v) is 10.9. The highest BCUT2D eigenvalue weighted by Gasteiger charge is 2.38. The maximum absolute atomic E-state index is 11.8. The lowest BCUT2D eigenvalue weighted by atomic mass is 9.79. The Balaban J connectivity index is 2.67. The Bertz CT molecular complexity index is 304. The third-order valence-electron chi connectivity index (χ3n) is 2.95. The number of ether oxygens (including phenoxy) is 1. The molecule has 5 heteroatoms. The van der Waals surface area contributed by atoms with Crippen molar-refractivity contribution in [1.29, 1.82) is 0 Å². The number of carbonyl (C=O) groups excluding carboxylic acids is 1. The van der Waals surface area contributed by atoms with Crippen LogP contribution in [0, 0.1) is 5.92 Å². The molecule has 1 saturated carbocycles. The standard InChI is InChI=1S/C12H21NO4/c1-12(2,3)17-11(16)13(4)9(10(14)15)8-6-5-7-8/h8-9H,5-7H2,1-4H3,(H,14,15)/t9-/m0/s1. The molecule has 1 N–H and O–H groups in total. The van der Waals surface area contributed by atoms with Crippen LogP contribution in [0.2, 0.25) is 0 Å². The van der Waals surface area contributed by atoms with Crippen LogP contribution in [0.15, 0.2) is 0 Å². The molecule has 1 atom stereocenters. The van der Waals surface area contributed by atoms with Crippen molar-refractivity contribution in [3.05, 3.63) is 0 Å². The van der Waals surface area contributed by atoms with Crippen molar-refractivity contribution in [2.45, 2.75) is 51.7 Å². The minimum Gasteiger partial charge on any atom is -0.480 e. The minimum absolute atomic E-state index is 0.0602. The highest BCUT2D eigenvalue weighted by Crippen LogP contribution is 2.32. The van der Waals surface area contributed by atoms with E-state index >= 15 is 0 Å². The summed E-state index contributed by atoms with van der Waals surface area (Å²) in [5.74, 6) is -0.895. The van der Waals surface area contributed by atoms with E-state index in [0.29, 0.717) is 0 Å². The van der Waals surface area contributed by atoms with Gasteiger partial charge in [0, 0.05) is 7.05 Å². The van der Waals surface area contributed by atoms with Crippen LogP contribution in [0.5, 0.6) is 0 Å². The van der Waals surface area contributed by atoms with Crippen molar-refractivity contribution >= 4 is 12.1 Å². The summed E-state index contributed by atoms with van der Waals surface area (Å²) in [6.07, 6.45) is 2.20. The number of hydrogen-bond acceptors (Lipinski definition) is 3. The lowest BCUT2D eigenvalue weighted by Gasteiger charge is -2.37. The van der Waals surface area contributed by atoms with Crippen molar-refractivity contribution < 1.29 is 19.4 Å². The highest BCUT2D eigenvalue weighted by molar-refractivity contribution is 5.80. The van der Waals surface area contributed by atoms with Crippen LogP contribution in [0.4, 0.5) is 4.79 Å². The third-order valence-corrected chi connectivity index (χ3v) is 2.95. The molecule has 1 rings (SSSR count). The lowest BCUT2D eigenvalue weighted by molar-refractivity contribution is -0.146. The highest BCUT2D eigenvalue weighted by atomic mass is 16.6. The van der Waals surface area contributed by atoms with Gasteiger partial charge in [0.15, 0.2) is 0 Å². The molecule has 0 heterocycles. The molecule has 0 spiro atoms. The van der Waals surface area contributed by atoms with Crippen LogP contribution in [0.1, 0.15) is 40.0 Å². The van der Waals surface area contributed by atoms with Crippen LogP contribution in [0.25, 0.3) is 0 Å². The number of nitrogens with zero attached hydrogens (tertiary/aromatic N) is 1. The van der Waals surface area contributed by atoms with Gasteiger partial charge in [0.25, 0.3) is 0 Å². The molecule has 0 aromatic rings. The van der Waals surface area contributed by atoms with Crippen molar-refractivity contribution in [3.63, 3.8) is 0 Å². The van der Waals surface area contributed by atoms with Crippen LogP contribution >= 0.6 is 0 Å². The fraction of sp³-hybridized carbons (Fsp3) is 0.833. The van der Waals surface area contributed by atoms with Gasteiger partial charge in [0.1, 0.15) is 11.6 Å². The molecule has 1 fully saturated rings. The number of carboxylic acids is 1. The van der Waals surface area contributed by atoms with Crippen molar-refractivity contribution in [2.24, 2.45) is 5.92 Å². The zero-order chi connectivity index (χ0) is 13.2. The van der Waals surface area contributed by atoms with Crippen molar-refractivity contribution in [1.82, 2.24) is 4.90 Å². The Hall–Kier alpha value is -1.26. The summed E-state index contributed by atoms with van der Waals surface area (Å²) < 4.78 is 5.17. The fourth-order valence-electron chi connectivity index (χ4n) is 1.89. The summed E-state index contributed by atoms with van der Waals surface area (Å²) >= 11 is 0. The Morgan fingerprint density at radius 3 is 2.18 bits per heavy atom. The van der Waals surface area contributed by atoms with Gasteiger partial charge in [0.05, 0.1) is 0 Å². The first kappa shape index (κ1) is 13.8.